The maximum atomic E-state index is 13.5. The normalized spacial score (nSPS) is 14.5. The highest BCUT2D eigenvalue weighted by molar-refractivity contribution is 5.76. The summed E-state index contributed by atoms with van der Waals surface area (Å²) in [6.45, 7) is 5.36. The maximum Gasteiger partial charge on any atom is 0.226 e. The summed E-state index contributed by atoms with van der Waals surface area (Å²) < 4.78 is 21.5. The molecule has 0 bridgehead atoms. The number of carbonyl (C=O) groups excluding carboxylic acids is 1. The third-order valence-corrected chi connectivity index (χ3v) is 5.83. The molecule has 0 aliphatic carbocycles. The first-order valence-corrected chi connectivity index (χ1v) is 11.1. The molecule has 1 aromatic heterocycles. The lowest BCUT2D eigenvalue weighted by molar-refractivity contribution is -0.132. The van der Waals surface area contributed by atoms with E-state index in [-0.39, 0.29) is 11.7 Å². The van der Waals surface area contributed by atoms with Crippen molar-refractivity contribution in [2.24, 2.45) is 0 Å². The van der Waals surface area contributed by atoms with Gasteiger partial charge in [0.05, 0.1) is 11.4 Å². The molecule has 6 nitrogen and oxygen atoms in total. The first-order valence-electron chi connectivity index (χ1n) is 11.1. The molecule has 1 aliphatic heterocycles. The van der Waals surface area contributed by atoms with Crippen LogP contribution in [0.2, 0.25) is 0 Å². The lowest BCUT2D eigenvalue weighted by atomic mass is 10.1. The average molecular weight is 437 g/mol. The summed E-state index contributed by atoms with van der Waals surface area (Å²) >= 11 is 0. The monoisotopic (exact) mass is 436 g/mol. The number of amides is 1. The van der Waals surface area contributed by atoms with E-state index in [1.165, 1.54) is 12.1 Å². The van der Waals surface area contributed by atoms with Crippen molar-refractivity contribution in [3.05, 3.63) is 71.7 Å². The van der Waals surface area contributed by atoms with Crippen molar-refractivity contribution in [1.29, 1.82) is 0 Å². The standard InChI is InChI=1S/C25H29FN4O2/c1-3-23-22(13-14-24(31)29-17-15-28(2)16-18-29)25(32-21-7-5-4-6-8-21)30(27-23)20-11-9-19(26)10-12-20/h4-12H,3,13-18H2,1-2H3. The van der Waals surface area contributed by atoms with E-state index in [9.17, 15) is 9.18 Å². The summed E-state index contributed by atoms with van der Waals surface area (Å²) in [7, 11) is 2.08. The molecule has 2 heterocycles. The van der Waals surface area contributed by atoms with Crippen LogP contribution < -0.4 is 4.74 Å². The van der Waals surface area contributed by atoms with E-state index < -0.39 is 0 Å². The summed E-state index contributed by atoms with van der Waals surface area (Å²) in [5.74, 6) is 1.11. The van der Waals surface area contributed by atoms with Crippen LogP contribution in [0.15, 0.2) is 54.6 Å². The van der Waals surface area contributed by atoms with Gasteiger partial charge in [-0.15, -0.1) is 0 Å². The molecule has 32 heavy (non-hydrogen) atoms. The molecule has 0 saturated carbocycles. The fourth-order valence-electron chi connectivity index (χ4n) is 3.92. The number of likely N-dealkylation sites (N-methyl/N-ethyl adjacent to an activating group) is 1. The smallest absolute Gasteiger partial charge is 0.226 e. The van der Waals surface area contributed by atoms with Gasteiger partial charge in [-0.2, -0.15) is 5.10 Å². The number of nitrogens with zero attached hydrogens (tertiary/aromatic N) is 4. The largest absolute Gasteiger partial charge is 0.439 e. The van der Waals surface area contributed by atoms with Crippen molar-refractivity contribution in [2.45, 2.75) is 26.2 Å². The van der Waals surface area contributed by atoms with Crippen LogP contribution in [0, 0.1) is 5.82 Å². The van der Waals surface area contributed by atoms with Gasteiger partial charge in [-0.3, -0.25) is 4.79 Å². The highest BCUT2D eigenvalue weighted by Gasteiger charge is 2.24. The minimum atomic E-state index is -0.305. The molecule has 1 aliphatic rings. The number of aromatic nitrogens is 2. The second-order valence-corrected chi connectivity index (χ2v) is 8.07. The zero-order valence-electron chi connectivity index (χ0n) is 18.6. The molecule has 168 valence electrons. The number of halogens is 1. The van der Waals surface area contributed by atoms with E-state index in [1.54, 1.807) is 16.8 Å². The molecule has 0 spiro atoms. The SMILES string of the molecule is CCc1nn(-c2ccc(F)cc2)c(Oc2ccccc2)c1CCC(=O)N1CCN(C)CC1. The van der Waals surface area contributed by atoms with Crippen LogP contribution in [0.3, 0.4) is 0 Å². The van der Waals surface area contributed by atoms with Gasteiger partial charge in [0.15, 0.2) is 0 Å². The van der Waals surface area contributed by atoms with Gasteiger partial charge >= 0.3 is 0 Å². The van der Waals surface area contributed by atoms with E-state index in [0.29, 0.717) is 36.6 Å². The zero-order valence-corrected chi connectivity index (χ0v) is 18.6. The van der Waals surface area contributed by atoms with Gasteiger partial charge in [0.2, 0.25) is 11.8 Å². The van der Waals surface area contributed by atoms with Gasteiger partial charge in [-0.25, -0.2) is 9.07 Å². The van der Waals surface area contributed by atoms with Crippen molar-refractivity contribution in [3.63, 3.8) is 0 Å². The van der Waals surface area contributed by atoms with Crippen molar-refractivity contribution in [1.82, 2.24) is 19.6 Å². The Bertz CT molecular complexity index is 1040. The van der Waals surface area contributed by atoms with Crippen molar-refractivity contribution in [3.8, 4) is 17.3 Å². The van der Waals surface area contributed by atoms with Crippen LogP contribution in [-0.4, -0.2) is 58.7 Å². The van der Waals surface area contributed by atoms with Crippen LogP contribution in [0.5, 0.6) is 11.6 Å². The van der Waals surface area contributed by atoms with Crippen LogP contribution in [-0.2, 0) is 17.6 Å². The van der Waals surface area contributed by atoms with E-state index in [2.05, 4.69) is 11.9 Å². The fourth-order valence-corrected chi connectivity index (χ4v) is 3.92. The molecule has 1 saturated heterocycles. The second kappa shape index (κ2) is 9.96. The molecule has 0 N–H and O–H groups in total. The first kappa shape index (κ1) is 22.0. The van der Waals surface area contributed by atoms with Crippen molar-refractivity contribution >= 4 is 5.91 Å². The van der Waals surface area contributed by atoms with Gasteiger partial charge in [0, 0.05) is 38.2 Å². The molecule has 0 unspecified atom stereocenters. The maximum absolute atomic E-state index is 13.5. The van der Waals surface area contributed by atoms with E-state index >= 15 is 0 Å². The molecule has 1 amide bonds. The summed E-state index contributed by atoms with van der Waals surface area (Å²) in [4.78, 5) is 17.0. The Balaban J connectivity index is 1.63. The fraction of sp³-hybridized carbons (Fsp3) is 0.360. The van der Waals surface area contributed by atoms with Gasteiger partial charge in [-0.1, -0.05) is 25.1 Å². The molecule has 7 heteroatoms. The van der Waals surface area contributed by atoms with Crippen LogP contribution >= 0.6 is 0 Å². The lowest BCUT2D eigenvalue weighted by Crippen LogP contribution is -2.47. The Morgan fingerprint density at radius 3 is 2.38 bits per heavy atom. The number of piperazine rings is 1. The number of carbonyl (C=O) groups is 1. The van der Waals surface area contributed by atoms with E-state index in [0.717, 1.165) is 37.4 Å². The number of hydrogen-bond donors (Lipinski definition) is 0. The first-order chi connectivity index (χ1) is 15.5. The number of benzene rings is 2. The molecule has 0 radical (unpaired) electrons. The highest BCUT2D eigenvalue weighted by Crippen LogP contribution is 2.32. The molecular weight excluding hydrogens is 407 g/mol. The summed E-state index contributed by atoms with van der Waals surface area (Å²) in [5, 5.41) is 4.76. The molecule has 2 aromatic carbocycles. The third-order valence-electron chi connectivity index (χ3n) is 5.83. The third kappa shape index (κ3) is 4.99. The quantitative estimate of drug-likeness (QED) is 0.560. The number of aryl methyl sites for hydroxylation is 1. The minimum absolute atomic E-state index is 0.153. The predicted molar refractivity (Wildman–Crippen MR) is 122 cm³/mol. The Morgan fingerprint density at radius 1 is 1.03 bits per heavy atom. The van der Waals surface area contributed by atoms with Crippen LogP contribution in [0.1, 0.15) is 24.6 Å². The summed E-state index contributed by atoms with van der Waals surface area (Å²) in [6.07, 6.45) is 1.64. The average Bonchev–Trinajstić information content (AvgIpc) is 3.16. The van der Waals surface area contributed by atoms with E-state index in [4.69, 9.17) is 9.84 Å². The summed E-state index contributed by atoms with van der Waals surface area (Å²) in [6, 6.07) is 15.7. The topological polar surface area (TPSA) is 50.6 Å². The summed E-state index contributed by atoms with van der Waals surface area (Å²) in [5.41, 5.74) is 2.51. The highest BCUT2D eigenvalue weighted by atomic mass is 19.1. The molecule has 4 rings (SSSR count). The van der Waals surface area contributed by atoms with E-state index in [1.807, 2.05) is 42.2 Å². The Kier molecular flexibility index (Phi) is 6.85. The Morgan fingerprint density at radius 2 is 1.72 bits per heavy atom. The molecule has 1 fully saturated rings. The van der Waals surface area contributed by atoms with Crippen LogP contribution in [0.25, 0.3) is 5.69 Å². The number of ether oxygens (including phenoxy) is 1. The number of hydrogen-bond acceptors (Lipinski definition) is 4. The molecule has 0 atom stereocenters. The van der Waals surface area contributed by atoms with Gasteiger partial charge in [-0.05, 0) is 56.3 Å². The second-order valence-electron chi connectivity index (χ2n) is 8.07. The number of para-hydroxylation sites is 1. The van der Waals surface area contributed by atoms with Crippen molar-refractivity contribution in [2.75, 3.05) is 33.2 Å². The Labute approximate surface area is 188 Å². The van der Waals surface area contributed by atoms with Crippen molar-refractivity contribution < 1.29 is 13.9 Å². The van der Waals surface area contributed by atoms with Crippen LogP contribution in [0.4, 0.5) is 4.39 Å². The predicted octanol–water partition coefficient (Wildman–Crippen LogP) is 4.07. The molecule has 3 aromatic rings. The Hall–Kier alpha value is -3.19. The zero-order chi connectivity index (χ0) is 22.5. The number of rotatable bonds is 7. The van der Waals surface area contributed by atoms with Gasteiger partial charge in [0.25, 0.3) is 0 Å². The van der Waals surface area contributed by atoms with Gasteiger partial charge in [0.1, 0.15) is 11.6 Å². The molecular formula is C25H29FN4O2. The lowest BCUT2D eigenvalue weighted by Gasteiger charge is -2.32. The van der Waals surface area contributed by atoms with Gasteiger partial charge < -0.3 is 14.5 Å². The minimum Gasteiger partial charge on any atom is -0.439 e.